The average molecular weight is 463 g/mol. The second kappa shape index (κ2) is 8.19. The number of benzene rings is 2. The van der Waals surface area contributed by atoms with Crippen LogP contribution in [-0.2, 0) is 21.2 Å². The molecule has 2 aromatic heterocycles. The lowest BCUT2D eigenvalue weighted by Crippen LogP contribution is -2.18. The first-order valence-corrected chi connectivity index (χ1v) is 12.9. The Morgan fingerprint density at radius 1 is 1.15 bits per heavy atom. The minimum Gasteiger partial charge on any atom is -0.341 e. The lowest BCUT2D eigenvalue weighted by molar-refractivity contribution is -0.111. The fourth-order valence-corrected chi connectivity index (χ4v) is 6.40. The van der Waals surface area contributed by atoms with Gasteiger partial charge in [-0.15, -0.1) is 0 Å². The first kappa shape index (κ1) is 21.5. The summed E-state index contributed by atoms with van der Waals surface area (Å²) in [7, 11) is -3.05. The summed E-state index contributed by atoms with van der Waals surface area (Å²) in [6.07, 6.45) is 3.80. The monoisotopic (exact) mass is 462 g/mol. The Bertz CT molecular complexity index is 1510. The van der Waals surface area contributed by atoms with E-state index < -0.39 is 9.84 Å². The molecule has 3 heterocycles. The molecule has 1 aliphatic rings. The van der Waals surface area contributed by atoms with Crippen molar-refractivity contribution in [3.05, 3.63) is 65.9 Å². The van der Waals surface area contributed by atoms with Gasteiger partial charge in [-0.05, 0) is 50.1 Å². The number of carbonyl (C=O) groups excluding carboxylic acids is 1. The molecule has 1 unspecified atom stereocenters. The zero-order chi connectivity index (χ0) is 23.2. The van der Waals surface area contributed by atoms with Gasteiger partial charge in [0.2, 0.25) is 5.91 Å². The SMILES string of the molecule is CCn1c2ccccc2c2cc(/C=C/C(=O)Nc3cc(C)nn3C3CCS(=O)(=O)C3)ccc21. The number of aryl methyl sites for hydroxylation is 2. The van der Waals surface area contributed by atoms with Crippen molar-refractivity contribution in [3.63, 3.8) is 0 Å². The maximum absolute atomic E-state index is 12.7. The zero-order valence-electron chi connectivity index (χ0n) is 18.7. The Kier molecular flexibility index (Phi) is 5.32. The lowest BCUT2D eigenvalue weighted by atomic mass is 10.1. The van der Waals surface area contributed by atoms with Gasteiger partial charge in [0.1, 0.15) is 5.82 Å². The van der Waals surface area contributed by atoms with E-state index in [0.29, 0.717) is 12.2 Å². The third kappa shape index (κ3) is 4.06. The van der Waals surface area contributed by atoms with E-state index in [0.717, 1.165) is 23.2 Å². The van der Waals surface area contributed by atoms with Crippen LogP contribution in [0.25, 0.3) is 27.9 Å². The molecule has 7 nitrogen and oxygen atoms in total. The fourth-order valence-electron chi connectivity index (χ4n) is 4.71. The minimum atomic E-state index is -3.05. The molecule has 1 amide bonds. The largest absolute Gasteiger partial charge is 0.341 e. The van der Waals surface area contributed by atoms with Gasteiger partial charge in [-0.1, -0.05) is 24.3 Å². The Morgan fingerprint density at radius 2 is 1.94 bits per heavy atom. The molecule has 1 saturated heterocycles. The van der Waals surface area contributed by atoms with Gasteiger partial charge >= 0.3 is 0 Å². The summed E-state index contributed by atoms with van der Waals surface area (Å²) in [6, 6.07) is 16.1. The Hall–Kier alpha value is -3.39. The molecule has 0 bridgehead atoms. The second-order valence-electron chi connectivity index (χ2n) is 8.53. The van der Waals surface area contributed by atoms with Crippen molar-refractivity contribution in [2.75, 3.05) is 16.8 Å². The maximum atomic E-state index is 12.7. The highest BCUT2D eigenvalue weighted by molar-refractivity contribution is 7.91. The summed E-state index contributed by atoms with van der Waals surface area (Å²) in [5.74, 6) is 0.442. The van der Waals surface area contributed by atoms with E-state index in [2.05, 4.69) is 46.2 Å². The van der Waals surface area contributed by atoms with Gasteiger partial charge in [0, 0.05) is 40.5 Å². The van der Waals surface area contributed by atoms with Gasteiger partial charge in [0.15, 0.2) is 9.84 Å². The van der Waals surface area contributed by atoms with E-state index in [1.807, 2.05) is 25.1 Å². The van der Waals surface area contributed by atoms with Crippen LogP contribution in [-0.4, -0.2) is 40.2 Å². The third-order valence-electron chi connectivity index (χ3n) is 6.20. The van der Waals surface area contributed by atoms with Crippen LogP contribution in [0, 0.1) is 6.92 Å². The van der Waals surface area contributed by atoms with Gasteiger partial charge in [0.05, 0.1) is 23.2 Å². The maximum Gasteiger partial charge on any atom is 0.249 e. The lowest BCUT2D eigenvalue weighted by Gasteiger charge is -2.13. The average Bonchev–Trinajstić information content (AvgIpc) is 3.44. The van der Waals surface area contributed by atoms with Crippen LogP contribution in [0.2, 0.25) is 0 Å². The Balaban J connectivity index is 1.38. The number of carbonyl (C=O) groups is 1. The summed E-state index contributed by atoms with van der Waals surface area (Å²) in [4.78, 5) is 12.7. The van der Waals surface area contributed by atoms with Crippen molar-refractivity contribution in [3.8, 4) is 0 Å². The summed E-state index contributed by atoms with van der Waals surface area (Å²) in [5.41, 5.74) is 4.04. The van der Waals surface area contributed by atoms with E-state index in [1.165, 1.54) is 22.5 Å². The number of para-hydroxylation sites is 1. The van der Waals surface area contributed by atoms with Crippen molar-refractivity contribution >= 4 is 49.4 Å². The minimum absolute atomic E-state index is 0.0538. The molecule has 5 rings (SSSR count). The van der Waals surface area contributed by atoms with Crippen molar-refractivity contribution in [2.45, 2.75) is 32.9 Å². The first-order valence-electron chi connectivity index (χ1n) is 11.1. The van der Waals surface area contributed by atoms with Gasteiger partial charge in [-0.3, -0.25) is 4.79 Å². The molecule has 170 valence electrons. The van der Waals surface area contributed by atoms with Crippen LogP contribution in [0.15, 0.2) is 54.6 Å². The molecule has 0 saturated carbocycles. The summed E-state index contributed by atoms with van der Waals surface area (Å²) in [5, 5.41) is 9.63. The molecule has 8 heteroatoms. The summed E-state index contributed by atoms with van der Waals surface area (Å²) in [6.45, 7) is 4.85. The predicted molar refractivity (Wildman–Crippen MR) is 132 cm³/mol. The van der Waals surface area contributed by atoms with E-state index in [1.54, 1.807) is 16.8 Å². The summed E-state index contributed by atoms with van der Waals surface area (Å²) < 4.78 is 27.7. The number of nitrogens with zero attached hydrogens (tertiary/aromatic N) is 3. The molecule has 4 aromatic rings. The van der Waals surface area contributed by atoms with Crippen molar-refractivity contribution in [1.82, 2.24) is 14.3 Å². The number of anilines is 1. The molecule has 1 N–H and O–H groups in total. The van der Waals surface area contributed by atoms with Crippen LogP contribution in [0.4, 0.5) is 5.82 Å². The molecule has 0 aliphatic carbocycles. The topological polar surface area (TPSA) is 86.0 Å². The van der Waals surface area contributed by atoms with Gasteiger partial charge in [0.25, 0.3) is 0 Å². The van der Waals surface area contributed by atoms with Crippen LogP contribution >= 0.6 is 0 Å². The molecule has 1 atom stereocenters. The van der Waals surface area contributed by atoms with Crippen molar-refractivity contribution < 1.29 is 13.2 Å². The molecular weight excluding hydrogens is 436 g/mol. The number of rotatable bonds is 5. The zero-order valence-corrected chi connectivity index (χ0v) is 19.5. The molecule has 0 spiro atoms. The van der Waals surface area contributed by atoms with Crippen LogP contribution in [0.1, 0.15) is 30.6 Å². The number of sulfone groups is 1. The molecular formula is C25H26N4O3S. The number of nitrogens with one attached hydrogen (secondary N) is 1. The Labute approximate surface area is 192 Å². The Morgan fingerprint density at radius 3 is 2.70 bits per heavy atom. The van der Waals surface area contributed by atoms with Gasteiger partial charge in [-0.2, -0.15) is 5.10 Å². The molecule has 33 heavy (non-hydrogen) atoms. The third-order valence-corrected chi connectivity index (χ3v) is 7.95. The number of aromatic nitrogens is 3. The van der Waals surface area contributed by atoms with Crippen molar-refractivity contribution in [1.29, 1.82) is 0 Å². The van der Waals surface area contributed by atoms with E-state index in [4.69, 9.17) is 0 Å². The van der Waals surface area contributed by atoms with E-state index in [9.17, 15) is 13.2 Å². The standard InChI is InChI=1S/C25H26N4O3S/c1-3-28-22-7-5-4-6-20(22)21-15-18(8-10-23(21)28)9-11-25(30)26-24-14-17(2)27-29(24)19-12-13-33(31,32)16-19/h4-11,14-15,19H,3,12-13,16H2,1-2H3,(H,26,30)/b11-9+. The van der Waals surface area contributed by atoms with Crippen LogP contribution in [0.3, 0.4) is 0 Å². The summed E-state index contributed by atoms with van der Waals surface area (Å²) >= 11 is 0. The van der Waals surface area contributed by atoms with E-state index in [-0.39, 0.29) is 23.5 Å². The quantitative estimate of drug-likeness (QED) is 0.447. The highest BCUT2D eigenvalue weighted by atomic mass is 32.2. The second-order valence-corrected chi connectivity index (χ2v) is 10.8. The fraction of sp³-hybridized carbons (Fsp3) is 0.280. The number of amides is 1. The van der Waals surface area contributed by atoms with Crippen LogP contribution < -0.4 is 5.32 Å². The normalized spacial score (nSPS) is 17.9. The molecule has 2 aromatic carbocycles. The molecule has 1 aliphatic heterocycles. The van der Waals surface area contributed by atoms with Crippen molar-refractivity contribution in [2.24, 2.45) is 0 Å². The smallest absolute Gasteiger partial charge is 0.249 e. The van der Waals surface area contributed by atoms with Gasteiger partial charge in [-0.25, -0.2) is 13.1 Å². The number of hydrogen-bond acceptors (Lipinski definition) is 4. The predicted octanol–water partition coefficient (Wildman–Crippen LogP) is 4.33. The van der Waals surface area contributed by atoms with E-state index >= 15 is 0 Å². The van der Waals surface area contributed by atoms with Gasteiger partial charge < -0.3 is 9.88 Å². The highest BCUT2D eigenvalue weighted by Crippen LogP contribution is 2.30. The van der Waals surface area contributed by atoms with Crippen LogP contribution in [0.5, 0.6) is 0 Å². The highest BCUT2D eigenvalue weighted by Gasteiger charge is 2.31. The number of fused-ring (bicyclic) bond motifs is 3. The first-order chi connectivity index (χ1) is 15.8. The number of hydrogen-bond donors (Lipinski definition) is 1. The molecule has 1 fully saturated rings. The molecule has 0 radical (unpaired) electrons.